The molecule has 1 heterocycles. The summed E-state index contributed by atoms with van der Waals surface area (Å²) in [5.74, 6) is 0.640. The molecule has 2 rings (SSSR count). The van der Waals surface area contributed by atoms with Crippen LogP contribution in [0.4, 0.5) is 4.79 Å². The van der Waals surface area contributed by atoms with Gasteiger partial charge in [0.1, 0.15) is 16.5 Å². The van der Waals surface area contributed by atoms with E-state index in [0.29, 0.717) is 23.0 Å². The third-order valence-corrected chi connectivity index (χ3v) is 4.63. The van der Waals surface area contributed by atoms with Crippen LogP contribution < -0.4 is 10.5 Å². The average Bonchev–Trinajstić information content (AvgIpc) is 3.41. The Morgan fingerprint density at radius 3 is 2.59 bits per heavy atom. The topological polar surface area (TPSA) is 90.0 Å². The summed E-state index contributed by atoms with van der Waals surface area (Å²) < 4.78 is 11.4. The highest BCUT2D eigenvalue weighted by atomic mass is 35.5. The lowest BCUT2D eigenvalue weighted by Crippen LogP contribution is -2.49. The standard InChI is InChI=1S/C21H31ClN4O3/c1-20(2,3)29-19(27)26(6)21(4,5)13-24-11-14(10-23)16-12-25-18(22)9-17(16)28-15-7-8-15/h9-12,15H,7-8,13,23H2,1-6H3/b14-10+,24-11?. The van der Waals surface area contributed by atoms with Crippen molar-refractivity contribution >= 4 is 29.5 Å². The molecule has 0 aromatic carbocycles. The van der Waals surface area contributed by atoms with Crippen LogP contribution in [0.1, 0.15) is 53.0 Å². The van der Waals surface area contributed by atoms with Gasteiger partial charge in [-0.15, -0.1) is 0 Å². The van der Waals surface area contributed by atoms with Gasteiger partial charge in [-0.25, -0.2) is 9.78 Å². The normalized spacial score (nSPS) is 15.5. The number of ether oxygens (including phenoxy) is 2. The Morgan fingerprint density at radius 2 is 2.03 bits per heavy atom. The molecule has 0 saturated heterocycles. The number of aliphatic imine (C=N–C) groups is 1. The van der Waals surface area contributed by atoms with Gasteiger partial charge in [0.2, 0.25) is 0 Å². The van der Waals surface area contributed by atoms with Gasteiger partial charge in [-0.05, 0) is 47.5 Å². The Morgan fingerprint density at radius 1 is 1.38 bits per heavy atom. The summed E-state index contributed by atoms with van der Waals surface area (Å²) in [5, 5.41) is 0.359. The second kappa shape index (κ2) is 9.03. The van der Waals surface area contributed by atoms with Gasteiger partial charge in [0.05, 0.1) is 18.2 Å². The van der Waals surface area contributed by atoms with E-state index in [1.165, 1.54) is 6.20 Å². The first-order valence-electron chi connectivity index (χ1n) is 9.64. The molecule has 1 aromatic heterocycles. The molecule has 0 atom stereocenters. The van der Waals surface area contributed by atoms with Gasteiger partial charge in [0.15, 0.2) is 0 Å². The minimum Gasteiger partial charge on any atom is -0.490 e. The zero-order valence-corrected chi connectivity index (χ0v) is 18.8. The molecule has 160 valence electrons. The van der Waals surface area contributed by atoms with Crippen LogP contribution in [-0.2, 0) is 4.74 Å². The highest BCUT2D eigenvalue weighted by molar-refractivity contribution is 6.29. The Balaban J connectivity index is 2.10. The molecule has 1 aliphatic rings. The van der Waals surface area contributed by atoms with Gasteiger partial charge in [0, 0.05) is 42.9 Å². The van der Waals surface area contributed by atoms with Gasteiger partial charge < -0.3 is 20.1 Å². The quantitative estimate of drug-likeness (QED) is 0.522. The molecule has 0 radical (unpaired) electrons. The van der Waals surface area contributed by atoms with Crippen LogP contribution >= 0.6 is 11.6 Å². The van der Waals surface area contributed by atoms with E-state index in [4.69, 9.17) is 26.8 Å². The number of halogens is 1. The van der Waals surface area contributed by atoms with E-state index < -0.39 is 17.2 Å². The molecule has 29 heavy (non-hydrogen) atoms. The summed E-state index contributed by atoms with van der Waals surface area (Å²) in [7, 11) is 1.70. The van der Waals surface area contributed by atoms with Crippen molar-refractivity contribution in [1.29, 1.82) is 0 Å². The Hall–Kier alpha value is -2.28. The number of carbonyl (C=O) groups excluding carboxylic acids is 1. The average molecular weight is 423 g/mol. The van der Waals surface area contributed by atoms with Crippen molar-refractivity contribution in [3.8, 4) is 5.75 Å². The fourth-order valence-electron chi connectivity index (χ4n) is 2.35. The predicted octanol–water partition coefficient (Wildman–Crippen LogP) is 4.29. The predicted molar refractivity (Wildman–Crippen MR) is 116 cm³/mol. The van der Waals surface area contributed by atoms with Crippen LogP contribution in [0.25, 0.3) is 5.57 Å². The number of hydrogen-bond acceptors (Lipinski definition) is 6. The number of nitrogens with two attached hydrogens (primary N) is 1. The molecule has 1 amide bonds. The number of nitrogens with zero attached hydrogens (tertiary/aromatic N) is 3. The Labute approximate surface area is 177 Å². The Bertz CT molecular complexity index is 796. The van der Waals surface area contributed by atoms with Crippen LogP contribution in [0.2, 0.25) is 5.15 Å². The van der Waals surface area contributed by atoms with Crippen molar-refractivity contribution in [3.05, 3.63) is 29.2 Å². The van der Waals surface area contributed by atoms with E-state index >= 15 is 0 Å². The molecule has 1 aliphatic carbocycles. The van der Waals surface area contributed by atoms with Crippen molar-refractivity contribution < 1.29 is 14.3 Å². The smallest absolute Gasteiger partial charge is 0.410 e. The SMILES string of the molecule is CN(C(=O)OC(C)(C)C)C(C)(C)CN=C/C(=C\N)c1cnc(Cl)cc1OC1CC1. The van der Waals surface area contributed by atoms with E-state index in [1.54, 1.807) is 30.4 Å². The van der Waals surface area contributed by atoms with Crippen molar-refractivity contribution in [2.24, 2.45) is 10.7 Å². The van der Waals surface area contributed by atoms with Crippen molar-refractivity contribution in [2.45, 2.75) is 64.7 Å². The molecule has 7 nitrogen and oxygen atoms in total. The lowest BCUT2D eigenvalue weighted by Gasteiger charge is -2.35. The second-order valence-corrected chi connectivity index (χ2v) is 9.15. The van der Waals surface area contributed by atoms with Crippen LogP contribution in [0.3, 0.4) is 0 Å². The number of allylic oxidation sites excluding steroid dienone is 1. The summed E-state index contributed by atoms with van der Waals surface area (Å²) in [6, 6.07) is 1.69. The van der Waals surface area contributed by atoms with Crippen molar-refractivity contribution in [2.75, 3.05) is 13.6 Å². The molecule has 1 fully saturated rings. The molecule has 0 bridgehead atoms. The molecular weight excluding hydrogens is 392 g/mol. The summed E-state index contributed by atoms with van der Waals surface area (Å²) >= 11 is 6.02. The number of pyridine rings is 1. The summed E-state index contributed by atoms with van der Waals surface area (Å²) in [4.78, 5) is 22.5. The van der Waals surface area contributed by atoms with Gasteiger partial charge in [0.25, 0.3) is 0 Å². The minimum atomic E-state index is -0.556. The van der Waals surface area contributed by atoms with E-state index in [9.17, 15) is 4.79 Å². The molecule has 2 N–H and O–H groups in total. The number of aromatic nitrogens is 1. The Kier molecular flexibility index (Phi) is 7.16. The lowest BCUT2D eigenvalue weighted by molar-refractivity contribution is 0.0126. The van der Waals surface area contributed by atoms with E-state index in [1.807, 2.05) is 34.6 Å². The summed E-state index contributed by atoms with van der Waals surface area (Å²) in [6.45, 7) is 9.72. The number of likely N-dealkylation sites (N-methyl/N-ethyl adjacent to an activating group) is 1. The lowest BCUT2D eigenvalue weighted by atomic mass is 10.0. The molecule has 0 aliphatic heterocycles. The third-order valence-electron chi connectivity index (χ3n) is 4.43. The van der Waals surface area contributed by atoms with Gasteiger partial charge >= 0.3 is 6.09 Å². The maximum atomic E-state index is 12.3. The number of carbonyl (C=O) groups is 1. The zero-order valence-electron chi connectivity index (χ0n) is 18.0. The minimum absolute atomic E-state index is 0.213. The fraction of sp³-hybridized carbons (Fsp3) is 0.571. The fourth-order valence-corrected chi connectivity index (χ4v) is 2.49. The van der Waals surface area contributed by atoms with Crippen molar-refractivity contribution in [1.82, 2.24) is 9.88 Å². The molecule has 0 spiro atoms. The molecule has 1 aromatic rings. The van der Waals surface area contributed by atoms with Gasteiger partial charge in [-0.3, -0.25) is 4.99 Å². The molecule has 8 heteroatoms. The van der Waals surface area contributed by atoms with Crippen LogP contribution in [0.15, 0.2) is 23.5 Å². The highest BCUT2D eigenvalue weighted by Crippen LogP contribution is 2.33. The molecule has 0 unspecified atom stereocenters. The monoisotopic (exact) mass is 422 g/mol. The number of amides is 1. The molecule has 1 saturated carbocycles. The molecular formula is C21H31ClN4O3. The maximum absolute atomic E-state index is 12.3. The van der Waals surface area contributed by atoms with E-state index in [-0.39, 0.29) is 6.10 Å². The maximum Gasteiger partial charge on any atom is 0.410 e. The first-order chi connectivity index (χ1) is 13.4. The van der Waals surface area contributed by atoms with Crippen LogP contribution in [0.5, 0.6) is 5.75 Å². The number of hydrogen-bond donors (Lipinski definition) is 1. The van der Waals surface area contributed by atoms with Gasteiger partial charge in [-0.1, -0.05) is 11.6 Å². The first-order valence-corrected chi connectivity index (χ1v) is 10.0. The van der Waals surface area contributed by atoms with Crippen LogP contribution in [0, 0.1) is 0 Å². The summed E-state index contributed by atoms with van der Waals surface area (Å²) in [5.41, 5.74) is 6.12. The van der Waals surface area contributed by atoms with Crippen LogP contribution in [-0.4, -0.2) is 53.0 Å². The largest absolute Gasteiger partial charge is 0.490 e. The van der Waals surface area contributed by atoms with E-state index in [2.05, 4.69) is 9.98 Å². The highest BCUT2D eigenvalue weighted by Gasteiger charge is 2.31. The zero-order chi connectivity index (χ0) is 21.8. The van der Waals surface area contributed by atoms with E-state index in [0.717, 1.165) is 18.4 Å². The van der Waals surface area contributed by atoms with Crippen molar-refractivity contribution in [3.63, 3.8) is 0 Å². The number of rotatable bonds is 7. The second-order valence-electron chi connectivity index (χ2n) is 8.76. The summed E-state index contributed by atoms with van der Waals surface area (Å²) in [6.07, 6.45) is 6.62. The van der Waals surface area contributed by atoms with Gasteiger partial charge in [-0.2, -0.15) is 0 Å². The third kappa shape index (κ3) is 6.92. The first kappa shape index (κ1) is 23.0.